The fourth-order valence-corrected chi connectivity index (χ4v) is 2.57. The molecule has 0 radical (unpaired) electrons. The summed E-state index contributed by atoms with van der Waals surface area (Å²) in [6.07, 6.45) is 3.38. The van der Waals surface area contributed by atoms with Crippen molar-refractivity contribution in [3.8, 4) is 5.75 Å². The number of ether oxygens (including phenoxy) is 1. The van der Waals surface area contributed by atoms with Crippen LogP contribution in [0.4, 0.5) is 0 Å². The number of ketones is 1. The van der Waals surface area contributed by atoms with Crippen LogP contribution < -0.4 is 4.74 Å². The molecule has 4 nitrogen and oxygen atoms in total. The van der Waals surface area contributed by atoms with Crippen LogP contribution in [0.25, 0.3) is 16.8 Å². The van der Waals surface area contributed by atoms with E-state index >= 15 is 0 Å². The largest absolute Gasteiger partial charge is 0.484 e. The number of carbonyl (C=O) groups excluding carboxylic acids is 2. The zero-order valence-electron chi connectivity index (χ0n) is 15.4. The van der Waals surface area contributed by atoms with Crippen LogP contribution in [0.15, 0.2) is 72.8 Å². The van der Waals surface area contributed by atoms with Crippen LogP contribution in [0.3, 0.4) is 0 Å². The number of amides is 1. The van der Waals surface area contributed by atoms with Gasteiger partial charge in [-0.25, -0.2) is 0 Å². The zero-order chi connectivity index (χ0) is 19.2. The molecule has 0 spiro atoms. The molecule has 0 aromatic heterocycles. The highest BCUT2D eigenvalue weighted by atomic mass is 16.5. The molecule has 1 amide bonds. The van der Waals surface area contributed by atoms with Gasteiger partial charge in [-0.3, -0.25) is 9.59 Å². The number of allylic oxidation sites excluding steroid dienone is 1. The van der Waals surface area contributed by atoms with Crippen LogP contribution in [0.2, 0.25) is 0 Å². The van der Waals surface area contributed by atoms with Gasteiger partial charge in [0.1, 0.15) is 5.75 Å². The molecule has 0 aliphatic rings. The molecule has 136 valence electrons. The lowest BCUT2D eigenvalue weighted by molar-refractivity contribution is -0.130. The van der Waals surface area contributed by atoms with E-state index in [4.69, 9.17) is 4.74 Å². The Hall–Kier alpha value is -3.40. The first-order chi connectivity index (χ1) is 13.0. The molecule has 27 heavy (non-hydrogen) atoms. The number of nitrogens with zero attached hydrogens (tertiary/aromatic N) is 1. The van der Waals surface area contributed by atoms with E-state index in [-0.39, 0.29) is 18.3 Å². The van der Waals surface area contributed by atoms with Crippen LogP contribution >= 0.6 is 0 Å². The van der Waals surface area contributed by atoms with E-state index in [1.807, 2.05) is 36.4 Å². The van der Waals surface area contributed by atoms with Gasteiger partial charge in [-0.05, 0) is 52.7 Å². The van der Waals surface area contributed by atoms with Gasteiger partial charge in [-0.2, -0.15) is 0 Å². The van der Waals surface area contributed by atoms with E-state index in [0.29, 0.717) is 11.3 Å². The molecule has 3 aromatic carbocycles. The minimum absolute atomic E-state index is 0.0256. The average molecular weight is 359 g/mol. The summed E-state index contributed by atoms with van der Waals surface area (Å²) in [5.74, 6) is 0.354. The molecular formula is C23H21NO3. The van der Waals surface area contributed by atoms with Crippen molar-refractivity contribution in [3.05, 3.63) is 83.9 Å². The van der Waals surface area contributed by atoms with Crippen LogP contribution in [0, 0.1) is 0 Å². The molecular weight excluding hydrogens is 338 g/mol. The second-order valence-corrected chi connectivity index (χ2v) is 6.41. The monoisotopic (exact) mass is 359 g/mol. The summed E-state index contributed by atoms with van der Waals surface area (Å²) >= 11 is 0. The Labute approximate surface area is 158 Å². The molecule has 4 heteroatoms. The Morgan fingerprint density at radius 3 is 2.33 bits per heavy atom. The van der Waals surface area contributed by atoms with Crippen molar-refractivity contribution >= 4 is 28.5 Å². The molecule has 0 saturated heterocycles. The van der Waals surface area contributed by atoms with Crippen molar-refractivity contribution in [2.45, 2.75) is 0 Å². The highest BCUT2D eigenvalue weighted by molar-refractivity contribution is 6.07. The highest BCUT2D eigenvalue weighted by Gasteiger charge is 2.06. The fourth-order valence-electron chi connectivity index (χ4n) is 2.57. The van der Waals surface area contributed by atoms with Crippen molar-refractivity contribution in [1.82, 2.24) is 4.90 Å². The smallest absolute Gasteiger partial charge is 0.259 e. The third kappa shape index (κ3) is 4.82. The summed E-state index contributed by atoms with van der Waals surface area (Å²) in [6, 6.07) is 21.0. The highest BCUT2D eigenvalue weighted by Crippen LogP contribution is 2.17. The lowest BCUT2D eigenvalue weighted by Gasteiger charge is -2.11. The predicted octanol–water partition coefficient (Wildman–Crippen LogP) is 4.20. The number of carbonyl (C=O) groups is 2. The maximum Gasteiger partial charge on any atom is 0.259 e. The molecule has 0 N–H and O–H groups in total. The number of rotatable bonds is 6. The van der Waals surface area contributed by atoms with Gasteiger partial charge in [0.15, 0.2) is 12.4 Å². The lowest BCUT2D eigenvalue weighted by atomic mass is 10.1. The molecule has 0 atom stereocenters. The predicted molar refractivity (Wildman–Crippen MR) is 108 cm³/mol. The van der Waals surface area contributed by atoms with Gasteiger partial charge in [-0.15, -0.1) is 0 Å². The molecule has 0 unspecified atom stereocenters. The van der Waals surface area contributed by atoms with E-state index in [2.05, 4.69) is 12.1 Å². The fraction of sp³-hybridized carbons (Fsp3) is 0.130. The van der Waals surface area contributed by atoms with E-state index in [0.717, 1.165) is 10.9 Å². The van der Waals surface area contributed by atoms with Crippen LogP contribution in [0.5, 0.6) is 5.75 Å². The first-order valence-electron chi connectivity index (χ1n) is 8.67. The Morgan fingerprint density at radius 1 is 0.926 bits per heavy atom. The topological polar surface area (TPSA) is 46.6 Å². The third-order valence-electron chi connectivity index (χ3n) is 4.20. The van der Waals surface area contributed by atoms with Gasteiger partial charge >= 0.3 is 0 Å². The SMILES string of the molecule is CN(C)C(=O)COc1ccc(C(=O)C=Cc2ccc3ccccc3c2)cc1. The van der Waals surface area contributed by atoms with Crippen LogP contribution in [-0.4, -0.2) is 37.3 Å². The molecule has 0 aliphatic carbocycles. The number of fused-ring (bicyclic) bond motifs is 1. The average Bonchev–Trinajstić information content (AvgIpc) is 2.70. The Morgan fingerprint density at radius 2 is 1.63 bits per heavy atom. The van der Waals surface area contributed by atoms with E-state index in [1.165, 1.54) is 10.3 Å². The van der Waals surface area contributed by atoms with Gasteiger partial charge in [0.05, 0.1) is 0 Å². The standard InChI is InChI=1S/C23H21NO3/c1-24(2)23(26)16-27-21-12-10-19(11-13-21)22(25)14-8-17-7-9-18-5-3-4-6-20(18)15-17/h3-15H,16H2,1-2H3. The number of benzene rings is 3. The molecule has 0 saturated carbocycles. The zero-order valence-corrected chi connectivity index (χ0v) is 15.4. The van der Waals surface area contributed by atoms with Crippen molar-refractivity contribution < 1.29 is 14.3 Å². The van der Waals surface area contributed by atoms with Crippen molar-refractivity contribution in [1.29, 1.82) is 0 Å². The summed E-state index contributed by atoms with van der Waals surface area (Å²) in [5.41, 5.74) is 1.54. The Bertz CT molecular complexity index is 988. The summed E-state index contributed by atoms with van der Waals surface area (Å²) in [4.78, 5) is 25.4. The van der Waals surface area contributed by atoms with Crippen molar-refractivity contribution in [3.63, 3.8) is 0 Å². The Kier molecular flexibility index (Phi) is 5.67. The Balaban J connectivity index is 1.64. The van der Waals surface area contributed by atoms with Gasteiger partial charge in [0, 0.05) is 19.7 Å². The van der Waals surface area contributed by atoms with Gasteiger partial charge < -0.3 is 9.64 Å². The lowest BCUT2D eigenvalue weighted by Crippen LogP contribution is -2.27. The number of hydrogen-bond donors (Lipinski definition) is 0. The summed E-state index contributed by atoms with van der Waals surface area (Å²) in [6.45, 7) is -0.0256. The quantitative estimate of drug-likeness (QED) is 0.489. The first-order valence-corrected chi connectivity index (χ1v) is 8.67. The van der Waals surface area contributed by atoms with Crippen LogP contribution in [-0.2, 0) is 4.79 Å². The van der Waals surface area contributed by atoms with E-state index in [1.54, 1.807) is 44.4 Å². The van der Waals surface area contributed by atoms with Crippen molar-refractivity contribution in [2.24, 2.45) is 0 Å². The summed E-state index contributed by atoms with van der Waals surface area (Å²) in [5, 5.41) is 2.31. The third-order valence-corrected chi connectivity index (χ3v) is 4.20. The normalized spacial score (nSPS) is 10.9. The minimum Gasteiger partial charge on any atom is -0.484 e. The number of hydrogen-bond acceptors (Lipinski definition) is 3. The summed E-state index contributed by atoms with van der Waals surface area (Å²) < 4.78 is 5.41. The van der Waals surface area contributed by atoms with E-state index < -0.39 is 0 Å². The van der Waals surface area contributed by atoms with E-state index in [9.17, 15) is 9.59 Å². The van der Waals surface area contributed by atoms with Gasteiger partial charge in [0.25, 0.3) is 5.91 Å². The molecule has 3 rings (SSSR count). The van der Waals surface area contributed by atoms with Crippen LogP contribution in [0.1, 0.15) is 15.9 Å². The van der Waals surface area contributed by atoms with Gasteiger partial charge in [-0.1, -0.05) is 42.5 Å². The maximum absolute atomic E-state index is 12.4. The molecule has 0 heterocycles. The molecule has 3 aromatic rings. The second kappa shape index (κ2) is 8.32. The first kappa shape index (κ1) is 18.4. The summed E-state index contributed by atoms with van der Waals surface area (Å²) in [7, 11) is 3.35. The minimum atomic E-state index is -0.117. The molecule has 0 bridgehead atoms. The maximum atomic E-state index is 12.4. The van der Waals surface area contributed by atoms with Gasteiger partial charge in [0.2, 0.25) is 0 Å². The molecule has 0 aliphatic heterocycles. The number of likely N-dealkylation sites (N-methyl/N-ethyl adjacent to an activating group) is 1. The second-order valence-electron chi connectivity index (χ2n) is 6.41. The molecule has 0 fully saturated rings. The van der Waals surface area contributed by atoms with Crippen molar-refractivity contribution in [2.75, 3.05) is 20.7 Å².